The topological polar surface area (TPSA) is 48.4 Å². The lowest BCUT2D eigenvalue weighted by atomic mass is 10.2. The molecule has 0 N–H and O–H groups in total. The molecule has 0 saturated heterocycles. The zero-order valence-electron chi connectivity index (χ0n) is 20.1. The molecule has 3 aromatic carbocycles. The van der Waals surface area contributed by atoms with Crippen LogP contribution in [0.3, 0.4) is 0 Å². The third-order valence-corrected chi connectivity index (χ3v) is 5.76. The van der Waals surface area contributed by atoms with Crippen LogP contribution in [0.5, 0.6) is 0 Å². The van der Waals surface area contributed by atoms with Crippen molar-refractivity contribution in [1.29, 1.82) is 0 Å². The van der Waals surface area contributed by atoms with Crippen molar-refractivity contribution in [3.63, 3.8) is 0 Å². The van der Waals surface area contributed by atoms with Crippen LogP contribution < -0.4 is 14.7 Å². The van der Waals surface area contributed by atoms with Crippen molar-refractivity contribution in [3.05, 3.63) is 89.5 Å². The highest BCUT2D eigenvalue weighted by atomic mass is 15.4. The van der Waals surface area contributed by atoms with Gasteiger partial charge in [-0.15, -0.1) is 0 Å². The Kier molecular flexibility index (Phi) is 6.27. The van der Waals surface area contributed by atoms with E-state index in [0.717, 1.165) is 17.1 Å². The predicted octanol–water partition coefficient (Wildman–Crippen LogP) is 6.10. The van der Waals surface area contributed by atoms with E-state index in [1.807, 2.05) is 35.8 Å². The Morgan fingerprint density at radius 3 is 0.818 bits per heavy atom. The molecule has 0 atom stereocenters. The van der Waals surface area contributed by atoms with E-state index in [4.69, 9.17) is 15.0 Å². The van der Waals surface area contributed by atoms with Gasteiger partial charge >= 0.3 is 0 Å². The fourth-order valence-electron chi connectivity index (χ4n) is 3.44. The number of anilines is 6. The smallest absolute Gasteiger partial charge is 0.236 e. The number of nitrogens with zero attached hydrogens (tertiary/aromatic N) is 6. The minimum absolute atomic E-state index is 0.580. The SMILES string of the molecule is Cc1ccc(N(C)c2nc(N(C)c3ccc(C)cc3)nc(N(C)c3ccc(C)cc3)n2)cc1. The molecular formula is C27H30N6. The molecular weight excluding hydrogens is 408 g/mol. The summed E-state index contributed by atoms with van der Waals surface area (Å²) in [5, 5.41) is 0. The first-order valence-electron chi connectivity index (χ1n) is 11.0. The molecule has 1 heterocycles. The number of hydrogen-bond acceptors (Lipinski definition) is 6. The molecule has 0 fully saturated rings. The normalized spacial score (nSPS) is 10.7. The van der Waals surface area contributed by atoms with Gasteiger partial charge in [0, 0.05) is 38.2 Å². The highest BCUT2D eigenvalue weighted by Crippen LogP contribution is 2.29. The van der Waals surface area contributed by atoms with E-state index in [0.29, 0.717) is 17.8 Å². The zero-order chi connectivity index (χ0) is 23.5. The van der Waals surface area contributed by atoms with Crippen molar-refractivity contribution < 1.29 is 0 Å². The molecule has 1 aromatic heterocycles. The summed E-state index contributed by atoms with van der Waals surface area (Å²) in [7, 11) is 5.93. The van der Waals surface area contributed by atoms with Crippen LogP contribution in [0.4, 0.5) is 34.9 Å². The Morgan fingerprint density at radius 2 is 0.606 bits per heavy atom. The first-order chi connectivity index (χ1) is 15.8. The van der Waals surface area contributed by atoms with E-state index >= 15 is 0 Å². The van der Waals surface area contributed by atoms with Gasteiger partial charge in [-0.3, -0.25) is 0 Å². The first kappa shape index (κ1) is 22.3. The summed E-state index contributed by atoms with van der Waals surface area (Å²) in [6.07, 6.45) is 0. The molecule has 0 aliphatic rings. The second-order valence-electron chi connectivity index (χ2n) is 8.42. The lowest BCUT2D eigenvalue weighted by molar-refractivity contribution is 0.925. The molecule has 6 heteroatoms. The van der Waals surface area contributed by atoms with Crippen molar-refractivity contribution >= 4 is 34.9 Å². The maximum Gasteiger partial charge on any atom is 0.236 e. The third-order valence-electron chi connectivity index (χ3n) is 5.76. The van der Waals surface area contributed by atoms with E-state index in [-0.39, 0.29) is 0 Å². The summed E-state index contributed by atoms with van der Waals surface area (Å²) in [5.41, 5.74) is 6.67. The molecule has 0 unspecified atom stereocenters. The number of rotatable bonds is 6. The Bertz CT molecular complexity index is 1050. The Balaban J connectivity index is 1.78. The molecule has 0 amide bonds. The van der Waals surface area contributed by atoms with Crippen molar-refractivity contribution in [3.8, 4) is 0 Å². The summed E-state index contributed by atoms with van der Waals surface area (Å²) >= 11 is 0. The van der Waals surface area contributed by atoms with E-state index < -0.39 is 0 Å². The van der Waals surface area contributed by atoms with Gasteiger partial charge < -0.3 is 14.7 Å². The minimum Gasteiger partial charge on any atom is -0.313 e. The van der Waals surface area contributed by atoms with Gasteiger partial charge in [-0.25, -0.2) is 0 Å². The Hall–Kier alpha value is -3.93. The fraction of sp³-hybridized carbons (Fsp3) is 0.222. The monoisotopic (exact) mass is 438 g/mol. The minimum atomic E-state index is 0.580. The van der Waals surface area contributed by atoms with Gasteiger partial charge in [0.2, 0.25) is 17.8 Å². The van der Waals surface area contributed by atoms with Gasteiger partial charge in [-0.2, -0.15) is 15.0 Å². The van der Waals surface area contributed by atoms with Crippen LogP contribution in [0.25, 0.3) is 0 Å². The van der Waals surface area contributed by atoms with E-state index in [1.54, 1.807) is 0 Å². The summed E-state index contributed by atoms with van der Waals surface area (Å²) in [6, 6.07) is 25.0. The highest BCUT2D eigenvalue weighted by molar-refractivity contribution is 5.65. The molecule has 0 bridgehead atoms. The van der Waals surface area contributed by atoms with Crippen LogP contribution in [-0.4, -0.2) is 36.1 Å². The Morgan fingerprint density at radius 1 is 0.394 bits per heavy atom. The van der Waals surface area contributed by atoms with Crippen LogP contribution >= 0.6 is 0 Å². The van der Waals surface area contributed by atoms with Crippen molar-refractivity contribution in [2.45, 2.75) is 20.8 Å². The van der Waals surface area contributed by atoms with Crippen molar-refractivity contribution in [2.24, 2.45) is 0 Å². The highest BCUT2D eigenvalue weighted by Gasteiger charge is 2.18. The summed E-state index contributed by atoms with van der Waals surface area (Å²) in [5.74, 6) is 1.74. The molecule has 0 aliphatic carbocycles. The van der Waals surface area contributed by atoms with Crippen LogP contribution in [0.15, 0.2) is 72.8 Å². The van der Waals surface area contributed by atoms with E-state index in [9.17, 15) is 0 Å². The zero-order valence-corrected chi connectivity index (χ0v) is 20.1. The quantitative estimate of drug-likeness (QED) is 0.362. The van der Waals surface area contributed by atoms with Gasteiger partial charge in [0.25, 0.3) is 0 Å². The van der Waals surface area contributed by atoms with Gasteiger partial charge in [-0.1, -0.05) is 53.1 Å². The largest absolute Gasteiger partial charge is 0.313 e. The molecule has 4 aromatic rings. The molecule has 0 aliphatic heterocycles. The standard InChI is InChI=1S/C27H30N6/c1-19-7-13-22(14-8-19)31(4)25-28-26(32(5)23-15-9-20(2)10-16-23)30-27(29-25)33(6)24-17-11-21(3)12-18-24/h7-18H,1-6H3. The summed E-state index contributed by atoms with van der Waals surface area (Å²) in [4.78, 5) is 20.4. The first-order valence-corrected chi connectivity index (χ1v) is 11.0. The fourth-order valence-corrected chi connectivity index (χ4v) is 3.44. The second-order valence-corrected chi connectivity index (χ2v) is 8.42. The van der Waals surface area contributed by atoms with E-state index in [2.05, 4.69) is 93.6 Å². The number of hydrogen-bond donors (Lipinski definition) is 0. The van der Waals surface area contributed by atoms with E-state index in [1.165, 1.54) is 16.7 Å². The van der Waals surface area contributed by atoms with Gasteiger partial charge in [-0.05, 0) is 57.2 Å². The number of aromatic nitrogens is 3. The van der Waals surface area contributed by atoms with Crippen molar-refractivity contribution in [2.75, 3.05) is 35.8 Å². The molecule has 0 saturated carbocycles. The number of benzene rings is 3. The molecule has 168 valence electrons. The third kappa shape index (κ3) is 4.95. The van der Waals surface area contributed by atoms with Gasteiger partial charge in [0.15, 0.2) is 0 Å². The van der Waals surface area contributed by atoms with Gasteiger partial charge in [0.05, 0.1) is 0 Å². The molecule has 33 heavy (non-hydrogen) atoms. The maximum atomic E-state index is 4.82. The van der Waals surface area contributed by atoms with Crippen LogP contribution in [-0.2, 0) is 0 Å². The molecule has 0 radical (unpaired) electrons. The Labute approximate surface area is 196 Å². The average molecular weight is 439 g/mol. The van der Waals surface area contributed by atoms with Crippen LogP contribution in [0.1, 0.15) is 16.7 Å². The van der Waals surface area contributed by atoms with Crippen molar-refractivity contribution in [1.82, 2.24) is 15.0 Å². The summed E-state index contributed by atoms with van der Waals surface area (Å²) in [6.45, 7) is 6.24. The predicted molar refractivity (Wildman–Crippen MR) is 138 cm³/mol. The lowest BCUT2D eigenvalue weighted by Crippen LogP contribution is -2.22. The molecule has 0 spiro atoms. The molecule has 6 nitrogen and oxygen atoms in total. The summed E-state index contributed by atoms with van der Waals surface area (Å²) < 4.78 is 0. The number of aryl methyl sites for hydroxylation is 3. The maximum absolute atomic E-state index is 4.82. The second kappa shape index (κ2) is 9.28. The van der Waals surface area contributed by atoms with Crippen LogP contribution in [0, 0.1) is 20.8 Å². The van der Waals surface area contributed by atoms with Gasteiger partial charge in [0.1, 0.15) is 0 Å². The molecule has 4 rings (SSSR count). The average Bonchev–Trinajstić information content (AvgIpc) is 2.84. The lowest BCUT2D eigenvalue weighted by Gasteiger charge is -2.25. The van der Waals surface area contributed by atoms with Crippen LogP contribution in [0.2, 0.25) is 0 Å².